The van der Waals surface area contributed by atoms with E-state index in [1.807, 2.05) is 72.8 Å². The monoisotopic (exact) mass is 448 g/mol. The molecule has 33 heavy (non-hydrogen) atoms. The number of aryl methyl sites for hydroxylation is 1. The van der Waals surface area contributed by atoms with Crippen molar-refractivity contribution in [2.45, 2.75) is 6.92 Å². The highest BCUT2D eigenvalue weighted by Crippen LogP contribution is 2.30. The molecule has 2 N–H and O–H groups in total. The number of aromatic nitrogens is 2. The molecule has 0 aliphatic carbocycles. The molecule has 1 heterocycles. The van der Waals surface area contributed by atoms with Gasteiger partial charge in [-0.2, -0.15) is 0 Å². The zero-order chi connectivity index (χ0) is 22.8. The molecule has 0 unspecified atom stereocenters. The van der Waals surface area contributed by atoms with Crippen LogP contribution in [0.2, 0.25) is 5.02 Å². The lowest BCUT2D eigenvalue weighted by atomic mass is 10.00. The van der Waals surface area contributed by atoms with Crippen LogP contribution in [0.15, 0.2) is 102 Å². The summed E-state index contributed by atoms with van der Waals surface area (Å²) >= 11 is 6.16. The van der Waals surface area contributed by atoms with E-state index in [0.29, 0.717) is 27.8 Å². The van der Waals surface area contributed by atoms with Crippen molar-refractivity contribution < 1.29 is 0 Å². The molecule has 0 fully saturated rings. The van der Waals surface area contributed by atoms with Crippen molar-refractivity contribution in [1.29, 1.82) is 0 Å². The van der Waals surface area contributed by atoms with Crippen molar-refractivity contribution >= 4 is 39.7 Å². The summed E-state index contributed by atoms with van der Waals surface area (Å²) in [6, 6.07) is 31.3. The number of nitrogens with zero attached hydrogens (tertiary/aromatic N) is 3. The molecule has 5 heteroatoms. The highest BCUT2D eigenvalue weighted by molar-refractivity contribution is 6.30. The first-order chi connectivity index (χ1) is 16.1. The minimum Gasteiger partial charge on any atom is -0.397 e. The van der Waals surface area contributed by atoms with E-state index in [1.54, 1.807) is 0 Å². The molecule has 0 aliphatic heterocycles. The minimum atomic E-state index is 0.601. The Kier molecular flexibility index (Phi) is 5.59. The van der Waals surface area contributed by atoms with E-state index in [-0.39, 0.29) is 0 Å². The van der Waals surface area contributed by atoms with Crippen molar-refractivity contribution in [1.82, 2.24) is 9.97 Å². The predicted molar refractivity (Wildman–Crippen MR) is 137 cm³/mol. The lowest BCUT2D eigenvalue weighted by Gasteiger charge is -2.14. The van der Waals surface area contributed by atoms with Gasteiger partial charge in [0.1, 0.15) is 5.69 Å². The zero-order valence-electron chi connectivity index (χ0n) is 18.0. The largest absolute Gasteiger partial charge is 0.397 e. The SMILES string of the molecule is Cc1ccc(C(=Nc2ccccc2N)c2nc3ccccc3nc2-c2ccc(Cl)cc2)cc1. The zero-order valence-corrected chi connectivity index (χ0v) is 18.8. The van der Waals surface area contributed by atoms with Crippen molar-refractivity contribution in [3.63, 3.8) is 0 Å². The lowest BCUT2D eigenvalue weighted by Crippen LogP contribution is -2.10. The summed E-state index contributed by atoms with van der Waals surface area (Å²) in [7, 11) is 0. The van der Waals surface area contributed by atoms with Crippen LogP contribution in [0.5, 0.6) is 0 Å². The number of hydrogen-bond donors (Lipinski definition) is 1. The summed E-state index contributed by atoms with van der Waals surface area (Å²) in [5.74, 6) is 0. The van der Waals surface area contributed by atoms with Gasteiger partial charge in [-0.25, -0.2) is 15.0 Å². The fourth-order valence-electron chi connectivity index (χ4n) is 3.65. The number of nitrogen functional groups attached to an aromatic ring is 1. The molecule has 1 aromatic heterocycles. The van der Waals surface area contributed by atoms with E-state index >= 15 is 0 Å². The van der Waals surface area contributed by atoms with Gasteiger partial charge in [-0.05, 0) is 43.3 Å². The van der Waals surface area contributed by atoms with Gasteiger partial charge in [-0.15, -0.1) is 0 Å². The highest BCUT2D eigenvalue weighted by atomic mass is 35.5. The van der Waals surface area contributed by atoms with E-state index in [1.165, 1.54) is 5.56 Å². The van der Waals surface area contributed by atoms with Crippen LogP contribution < -0.4 is 5.73 Å². The second-order valence-electron chi connectivity index (χ2n) is 7.80. The number of hydrogen-bond acceptors (Lipinski definition) is 4. The quantitative estimate of drug-likeness (QED) is 0.237. The molecule has 0 amide bonds. The highest BCUT2D eigenvalue weighted by Gasteiger charge is 2.19. The Balaban J connectivity index is 1.83. The van der Waals surface area contributed by atoms with Crippen molar-refractivity contribution in [3.8, 4) is 11.3 Å². The maximum atomic E-state index is 6.25. The number of halogens is 1. The van der Waals surface area contributed by atoms with Crippen molar-refractivity contribution in [2.24, 2.45) is 4.99 Å². The second kappa shape index (κ2) is 8.85. The molecule has 0 spiro atoms. The number of rotatable bonds is 4. The molecular formula is C28H21ClN4. The van der Waals surface area contributed by atoms with Gasteiger partial charge in [0.2, 0.25) is 0 Å². The molecule has 5 aromatic rings. The van der Waals surface area contributed by atoms with Gasteiger partial charge in [0, 0.05) is 16.1 Å². The molecule has 160 valence electrons. The Morgan fingerprint density at radius 1 is 0.758 bits per heavy atom. The van der Waals surface area contributed by atoms with Gasteiger partial charge in [-0.3, -0.25) is 0 Å². The average molecular weight is 449 g/mol. The van der Waals surface area contributed by atoms with Gasteiger partial charge in [0.25, 0.3) is 0 Å². The Morgan fingerprint density at radius 2 is 1.39 bits per heavy atom. The Morgan fingerprint density at radius 3 is 2.09 bits per heavy atom. The summed E-state index contributed by atoms with van der Waals surface area (Å²) in [6.07, 6.45) is 0. The molecule has 0 radical (unpaired) electrons. The van der Waals surface area contributed by atoms with Crippen LogP contribution in [0, 0.1) is 6.92 Å². The molecule has 4 aromatic carbocycles. The molecule has 0 bridgehead atoms. The number of aliphatic imine (C=N–C) groups is 1. The Hall–Kier alpha value is -4.02. The van der Waals surface area contributed by atoms with E-state index < -0.39 is 0 Å². The maximum Gasteiger partial charge on any atom is 0.116 e. The van der Waals surface area contributed by atoms with Crippen LogP contribution in [-0.4, -0.2) is 15.7 Å². The third-order valence-corrected chi connectivity index (χ3v) is 5.66. The van der Waals surface area contributed by atoms with E-state index in [9.17, 15) is 0 Å². The molecule has 0 saturated heterocycles. The van der Waals surface area contributed by atoms with Gasteiger partial charge in [-0.1, -0.05) is 77.8 Å². The molecule has 5 rings (SSSR count). The summed E-state index contributed by atoms with van der Waals surface area (Å²) in [6.45, 7) is 2.06. The first-order valence-corrected chi connectivity index (χ1v) is 11.0. The summed E-state index contributed by atoms with van der Waals surface area (Å²) in [5.41, 5.74) is 14.3. The van der Waals surface area contributed by atoms with Gasteiger partial charge >= 0.3 is 0 Å². The minimum absolute atomic E-state index is 0.601. The van der Waals surface area contributed by atoms with Crippen LogP contribution in [0.3, 0.4) is 0 Å². The molecule has 0 saturated carbocycles. The van der Waals surface area contributed by atoms with E-state index in [2.05, 4.69) is 31.2 Å². The fraction of sp³-hybridized carbons (Fsp3) is 0.0357. The van der Waals surface area contributed by atoms with Crippen LogP contribution in [-0.2, 0) is 0 Å². The van der Waals surface area contributed by atoms with Gasteiger partial charge in [0.15, 0.2) is 0 Å². The average Bonchev–Trinajstić information content (AvgIpc) is 2.84. The number of anilines is 1. The normalized spacial score (nSPS) is 11.6. The standard InChI is InChI=1S/C28H21ClN4/c1-18-10-12-19(13-11-18)26(31-23-7-3-2-6-22(23)30)28-27(20-14-16-21(29)17-15-20)32-24-8-4-5-9-25(24)33-28/h2-17H,30H2,1H3. The molecule has 4 nitrogen and oxygen atoms in total. The van der Waals surface area contributed by atoms with Crippen molar-refractivity contribution in [3.05, 3.63) is 119 Å². The molecule has 0 aliphatic rings. The summed E-state index contributed by atoms with van der Waals surface area (Å²) < 4.78 is 0. The van der Waals surface area contributed by atoms with Gasteiger partial charge < -0.3 is 5.73 Å². The molecule has 0 atom stereocenters. The first-order valence-electron chi connectivity index (χ1n) is 10.6. The topological polar surface area (TPSA) is 64.2 Å². The first kappa shape index (κ1) is 20.9. The Bertz CT molecular complexity index is 1470. The third kappa shape index (κ3) is 4.34. The van der Waals surface area contributed by atoms with Gasteiger partial charge in [0.05, 0.1) is 33.8 Å². The number of nitrogens with two attached hydrogens (primary N) is 1. The summed E-state index contributed by atoms with van der Waals surface area (Å²) in [5, 5.41) is 0.665. The second-order valence-corrected chi connectivity index (χ2v) is 8.24. The molecular weight excluding hydrogens is 428 g/mol. The third-order valence-electron chi connectivity index (χ3n) is 5.41. The van der Waals surface area contributed by atoms with Crippen LogP contribution in [0.25, 0.3) is 22.3 Å². The predicted octanol–water partition coefficient (Wildman–Crippen LogP) is 7.01. The lowest BCUT2D eigenvalue weighted by molar-refractivity contribution is 1.26. The van der Waals surface area contributed by atoms with Crippen LogP contribution in [0.4, 0.5) is 11.4 Å². The number of fused-ring (bicyclic) bond motifs is 1. The van der Waals surface area contributed by atoms with E-state index in [4.69, 9.17) is 32.3 Å². The van der Waals surface area contributed by atoms with Crippen molar-refractivity contribution in [2.75, 3.05) is 5.73 Å². The number of benzene rings is 4. The van der Waals surface area contributed by atoms with Crippen LogP contribution >= 0.6 is 11.6 Å². The summed E-state index contributed by atoms with van der Waals surface area (Å²) in [4.78, 5) is 15.0. The van der Waals surface area contributed by atoms with Crippen LogP contribution in [0.1, 0.15) is 16.8 Å². The maximum absolute atomic E-state index is 6.25. The Labute approximate surface area is 197 Å². The smallest absolute Gasteiger partial charge is 0.116 e. The number of para-hydroxylation sites is 4. The fourth-order valence-corrected chi connectivity index (χ4v) is 3.78. The van der Waals surface area contributed by atoms with E-state index in [0.717, 1.165) is 27.9 Å².